The third-order valence-electron chi connectivity index (χ3n) is 10.9. The van der Waals surface area contributed by atoms with E-state index in [0.29, 0.717) is 10.8 Å². The van der Waals surface area contributed by atoms with Crippen LogP contribution >= 0.6 is 0 Å². The van der Waals surface area contributed by atoms with Crippen LogP contribution in [0.1, 0.15) is 86.0 Å². The summed E-state index contributed by atoms with van der Waals surface area (Å²) in [5.74, 6) is 5.25. The lowest BCUT2D eigenvalue weighted by atomic mass is 9.51. The fourth-order valence-corrected chi connectivity index (χ4v) is 9.96. The lowest BCUT2D eigenvalue weighted by molar-refractivity contribution is -0.0487. The second-order valence-electron chi connectivity index (χ2n) is 11.0. The first-order valence-corrected chi connectivity index (χ1v) is 10.9. The van der Waals surface area contributed by atoms with E-state index in [1.165, 1.54) is 26.3 Å². The van der Waals surface area contributed by atoms with Gasteiger partial charge in [0.15, 0.2) is 0 Å². The van der Waals surface area contributed by atoms with Gasteiger partial charge in [-0.1, -0.05) is 41.0 Å². The van der Waals surface area contributed by atoms with Gasteiger partial charge in [0.25, 0.3) is 0 Å². The molecular weight excluding hydrogens is 290 g/mol. The van der Waals surface area contributed by atoms with E-state index in [0.717, 1.165) is 40.4 Å². The van der Waals surface area contributed by atoms with E-state index in [-0.39, 0.29) is 0 Å². The van der Waals surface area contributed by atoms with Crippen molar-refractivity contribution in [3.8, 4) is 0 Å². The first-order valence-electron chi connectivity index (χ1n) is 10.9. The minimum atomic E-state index is 0.690. The molecule has 24 heavy (non-hydrogen) atoms. The van der Waals surface area contributed by atoms with Gasteiger partial charge < -0.3 is 5.73 Å². The van der Waals surface area contributed by atoms with Gasteiger partial charge in [0, 0.05) is 0 Å². The van der Waals surface area contributed by atoms with E-state index in [1.807, 2.05) is 0 Å². The normalized spacial score (nSPS) is 62.9. The molecule has 0 aromatic rings. The summed E-state index contributed by atoms with van der Waals surface area (Å²) in [5, 5.41) is 0. The molecule has 0 aliphatic heterocycles. The Morgan fingerprint density at radius 1 is 1.00 bits per heavy atom. The Morgan fingerprint density at radius 3 is 2.33 bits per heavy atom. The molecule has 0 radical (unpaired) electrons. The molecule has 0 heterocycles. The second-order valence-corrected chi connectivity index (χ2v) is 11.0. The lowest BCUT2D eigenvalue weighted by Gasteiger charge is -2.53. The average molecular weight is 332 g/mol. The molecule has 5 rings (SSSR count). The minimum Gasteiger partial charge on any atom is -0.333 e. The standard InChI is InChI=1S/C22H36.CH5N/c1-6-15-7-8-17-16-11-14(2)22-13-19(22,3)9-10-21(22,5)18(16)12-20(15,17)4;1-2/h14-18H,6-13H2,1-5H3;2H2,1H3. The Bertz CT molecular complexity index is 528. The van der Waals surface area contributed by atoms with E-state index in [9.17, 15) is 0 Å². The van der Waals surface area contributed by atoms with Gasteiger partial charge in [0.1, 0.15) is 0 Å². The summed E-state index contributed by atoms with van der Waals surface area (Å²) >= 11 is 0. The van der Waals surface area contributed by atoms with E-state index < -0.39 is 0 Å². The van der Waals surface area contributed by atoms with Crippen LogP contribution in [0.3, 0.4) is 0 Å². The molecule has 9 atom stereocenters. The number of nitrogens with two attached hydrogens (primary N) is 1. The van der Waals surface area contributed by atoms with Crippen LogP contribution in [0.2, 0.25) is 0 Å². The van der Waals surface area contributed by atoms with Gasteiger partial charge in [-0.05, 0) is 103 Å². The first kappa shape index (κ1) is 17.4. The van der Waals surface area contributed by atoms with E-state index in [4.69, 9.17) is 0 Å². The van der Waals surface area contributed by atoms with Crippen LogP contribution in [0.25, 0.3) is 0 Å². The zero-order valence-electron chi connectivity index (χ0n) is 17.1. The van der Waals surface area contributed by atoms with Gasteiger partial charge >= 0.3 is 0 Å². The molecule has 5 saturated carbocycles. The maximum atomic E-state index is 4.50. The van der Waals surface area contributed by atoms with E-state index in [2.05, 4.69) is 40.4 Å². The molecule has 5 aliphatic rings. The van der Waals surface area contributed by atoms with Crippen molar-refractivity contribution in [1.82, 2.24) is 0 Å². The van der Waals surface area contributed by atoms with E-state index in [1.54, 1.807) is 32.1 Å². The lowest BCUT2D eigenvalue weighted by Crippen LogP contribution is -2.47. The van der Waals surface area contributed by atoms with Crippen LogP contribution in [0.15, 0.2) is 0 Å². The fraction of sp³-hybridized carbons (Fsp3) is 1.00. The average Bonchev–Trinajstić information content (AvgIpc) is 2.77. The molecule has 0 saturated heterocycles. The van der Waals surface area contributed by atoms with Crippen LogP contribution in [-0.4, -0.2) is 7.05 Å². The molecule has 5 fully saturated rings. The zero-order valence-corrected chi connectivity index (χ0v) is 17.1. The van der Waals surface area contributed by atoms with Crippen LogP contribution in [0, 0.1) is 51.2 Å². The molecular formula is C23H41N. The van der Waals surface area contributed by atoms with Crippen molar-refractivity contribution < 1.29 is 0 Å². The molecule has 0 aromatic heterocycles. The molecule has 1 nitrogen and oxygen atoms in total. The third-order valence-corrected chi connectivity index (χ3v) is 10.9. The van der Waals surface area contributed by atoms with Crippen LogP contribution < -0.4 is 5.73 Å². The largest absolute Gasteiger partial charge is 0.333 e. The predicted molar refractivity (Wildman–Crippen MR) is 103 cm³/mol. The fourth-order valence-electron chi connectivity index (χ4n) is 9.96. The number of fused-ring (bicyclic) bond motifs is 4. The summed E-state index contributed by atoms with van der Waals surface area (Å²) < 4.78 is 0. The van der Waals surface area contributed by atoms with Gasteiger partial charge in [0.05, 0.1) is 0 Å². The molecule has 9 unspecified atom stereocenters. The highest BCUT2D eigenvalue weighted by Gasteiger charge is 2.82. The highest BCUT2D eigenvalue weighted by atomic mass is 14.9. The summed E-state index contributed by atoms with van der Waals surface area (Å²) in [7, 11) is 1.50. The predicted octanol–water partition coefficient (Wildman–Crippen LogP) is 5.88. The number of rotatable bonds is 1. The summed E-state index contributed by atoms with van der Waals surface area (Å²) in [6.07, 6.45) is 12.3. The third kappa shape index (κ3) is 1.63. The SMILES string of the molecule is CCC1CCC2C3CC(C)C45CC4(C)CCC5(C)C3CC12C.CN. The van der Waals surface area contributed by atoms with Crippen molar-refractivity contribution in [2.75, 3.05) is 7.05 Å². The Balaban J connectivity index is 0.000000704. The summed E-state index contributed by atoms with van der Waals surface area (Å²) in [6.45, 7) is 13.2. The van der Waals surface area contributed by atoms with Gasteiger partial charge in [-0.3, -0.25) is 0 Å². The van der Waals surface area contributed by atoms with Gasteiger partial charge in [0.2, 0.25) is 0 Å². The highest BCUT2D eigenvalue weighted by molar-refractivity contribution is 5.30. The summed E-state index contributed by atoms with van der Waals surface area (Å²) in [5.41, 5.74) is 7.37. The van der Waals surface area contributed by atoms with Crippen molar-refractivity contribution in [3.05, 3.63) is 0 Å². The molecule has 1 spiro atoms. The number of hydrogen-bond donors (Lipinski definition) is 1. The van der Waals surface area contributed by atoms with E-state index >= 15 is 0 Å². The van der Waals surface area contributed by atoms with Crippen LogP contribution in [0.5, 0.6) is 0 Å². The Labute approximate surface area is 150 Å². The summed E-state index contributed by atoms with van der Waals surface area (Å²) in [6, 6.07) is 0. The van der Waals surface area contributed by atoms with Crippen LogP contribution in [0.4, 0.5) is 0 Å². The number of hydrogen-bond acceptors (Lipinski definition) is 1. The molecule has 0 bridgehead atoms. The minimum absolute atomic E-state index is 0.690. The maximum absolute atomic E-state index is 4.50. The van der Waals surface area contributed by atoms with Crippen molar-refractivity contribution in [2.24, 2.45) is 57.0 Å². The quantitative estimate of drug-likeness (QED) is 0.638. The Morgan fingerprint density at radius 2 is 1.71 bits per heavy atom. The molecule has 138 valence electrons. The Hall–Kier alpha value is -0.0400. The van der Waals surface area contributed by atoms with Crippen molar-refractivity contribution in [3.63, 3.8) is 0 Å². The Kier molecular flexibility index (Phi) is 3.64. The van der Waals surface area contributed by atoms with Gasteiger partial charge in [-0.25, -0.2) is 0 Å². The monoisotopic (exact) mass is 331 g/mol. The molecule has 0 aromatic carbocycles. The van der Waals surface area contributed by atoms with Gasteiger partial charge in [-0.2, -0.15) is 0 Å². The van der Waals surface area contributed by atoms with Crippen molar-refractivity contribution in [1.29, 1.82) is 0 Å². The smallest absolute Gasteiger partial charge is 0.0156 e. The second kappa shape index (κ2) is 5.02. The van der Waals surface area contributed by atoms with Gasteiger partial charge in [-0.15, -0.1) is 0 Å². The molecule has 5 aliphatic carbocycles. The molecule has 2 N–H and O–H groups in total. The van der Waals surface area contributed by atoms with Crippen LogP contribution in [-0.2, 0) is 0 Å². The summed E-state index contributed by atoms with van der Waals surface area (Å²) in [4.78, 5) is 0. The topological polar surface area (TPSA) is 26.0 Å². The maximum Gasteiger partial charge on any atom is -0.0156 e. The first-order chi connectivity index (χ1) is 11.3. The zero-order chi connectivity index (χ0) is 17.5. The highest BCUT2D eigenvalue weighted by Crippen LogP contribution is 2.89. The molecule has 0 amide bonds. The van der Waals surface area contributed by atoms with Crippen molar-refractivity contribution >= 4 is 0 Å². The molecule has 1 heteroatoms. The van der Waals surface area contributed by atoms with Crippen molar-refractivity contribution in [2.45, 2.75) is 86.0 Å².